The zero-order valence-corrected chi connectivity index (χ0v) is 14.5. The van der Waals surface area contributed by atoms with Crippen molar-refractivity contribution in [2.45, 2.75) is 6.54 Å². The second-order valence-electron chi connectivity index (χ2n) is 5.98. The molecule has 138 valence electrons. The minimum atomic E-state index is -0.523. The van der Waals surface area contributed by atoms with Crippen molar-refractivity contribution in [3.05, 3.63) is 80.5 Å². The Hall–Kier alpha value is -4.14. The molecule has 3 N–H and O–H groups in total. The number of carbonyl (C=O) groups excluding carboxylic acids is 1. The van der Waals surface area contributed by atoms with E-state index in [4.69, 9.17) is 0 Å². The maximum Gasteiger partial charge on any atom is 0.278 e. The molecule has 4 aromatic rings. The SMILES string of the molecule is O=C(C=Cc1ccc2c(=O)c3n[nH]nc3c(=O)[nH]c2c1)NCc1ccccn1. The van der Waals surface area contributed by atoms with Gasteiger partial charge >= 0.3 is 0 Å². The Morgan fingerprint density at radius 2 is 1.96 bits per heavy atom. The molecule has 0 aliphatic rings. The van der Waals surface area contributed by atoms with Crippen LogP contribution >= 0.6 is 0 Å². The smallest absolute Gasteiger partial charge is 0.278 e. The fourth-order valence-electron chi connectivity index (χ4n) is 2.73. The highest BCUT2D eigenvalue weighted by Crippen LogP contribution is 2.12. The van der Waals surface area contributed by atoms with E-state index in [1.54, 1.807) is 36.5 Å². The van der Waals surface area contributed by atoms with Gasteiger partial charge in [-0.2, -0.15) is 15.4 Å². The Morgan fingerprint density at radius 1 is 1.11 bits per heavy atom. The van der Waals surface area contributed by atoms with E-state index in [2.05, 4.69) is 30.7 Å². The maximum atomic E-state index is 12.5. The van der Waals surface area contributed by atoms with Gasteiger partial charge in [0.1, 0.15) is 0 Å². The summed E-state index contributed by atoms with van der Waals surface area (Å²) in [5.74, 6) is -0.287. The average Bonchev–Trinajstić information content (AvgIpc) is 3.18. The first-order chi connectivity index (χ1) is 13.6. The lowest BCUT2D eigenvalue weighted by molar-refractivity contribution is -0.116. The second-order valence-corrected chi connectivity index (χ2v) is 5.98. The van der Waals surface area contributed by atoms with E-state index in [9.17, 15) is 14.4 Å². The van der Waals surface area contributed by atoms with Crippen molar-refractivity contribution in [2.75, 3.05) is 0 Å². The van der Waals surface area contributed by atoms with Gasteiger partial charge in [0.15, 0.2) is 11.0 Å². The highest BCUT2D eigenvalue weighted by atomic mass is 16.1. The lowest BCUT2D eigenvalue weighted by atomic mass is 10.1. The lowest BCUT2D eigenvalue weighted by Gasteiger charge is -2.01. The monoisotopic (exact) mass is 374 g/mol. The van der Waals surface area contributed by atoms with E-state index in [1.807, 2.05) is 12.1 Å². The molecule has 0 aliphatic heterocycles. The lowest BCUT2D eigenvalue weighted by Crippen LogP contribution is -2.20. The molecule has 4 rings (SSSR count). The number of hydrogen-bond acceptors (Lipinski definition) is 6. The summed E-state index contributed by atoms with van der Waals surface area (Å²) in [5.41, 5.74) is 0.743. The highest BCUT2D eigenvalue weighted by molar-refractivity contribution is 5.93. The summed E-state index contributed by atoms with van der Waals surface area (Å²) >= 11 is 0. The number of pyridine rings is 1. The van der Waals surface area contributed by atoms with Crippen LogP contribution in [0.25, 0.3) is 28.0 Å². The number of amides is 1. The van der Waals surface area contributed by atoms with Crippen LogP contribution in [-0.4, -0.2) is 31.3 Å². The number of aromatic nitrogens is 5. The third kappa shape index (κ3) is 3.40. The molecule has 9 nitrogen and oxygen atoms in total. The molecule has 0 radical (unpaired) electrons. The predicted molar refractivity (Wildman–Crippen MR) is 103 cm³/mol. The maximum absolute atomic E-state index is 12.5. The summed E-state index contributed by atoms with van der Waals surface area (Å²) in [6, 6.07) is 10.3. The number of fused-ring (bicyclic) bond motifs is 2. The van der Waals surface area contributed by atoms with E-state index >= 15 is 0 Å². The number of nitrogens with zero attached hydrogens (tertiary/aromatic N) is 3. The molecule has 0 saturated heterocycles. The van der Waals surface area contributed by atoms with E-state index in [0.717, 1.165) is 5.69 Å². The van der Waals surface area contributed by atoms with E-state index in [-0.39, 0.29) is 16.9 Å². The van der Waals surface area contributed by atoms with Crippen molar-refractivity contribution < 1.29 is 4.79 Å². The van der Waals surface area contributed by atoms with Gasteiger partial charge in [-0.3, -0.25) is 19.4 Å². The number of hydrogen-bond donors (Lipinski definition) is 3. The van der Waals surface area contributed by atoms with Crippen LogP contribution in [0.2, 0.25) is 0 Å². The normalized spacial score (nSPS) is 11.3. The summed E-state index contributed by atoms with van der Waals surface area (Å²) in [6.07, 6.45) is 4.62. The zero-order chi connectivity index (χ0) is 19.5. The van der Waals surface area contributed by atoms with Gasteiger partial charge in [0, 0.05) is 17.7 Å². The Balaban J connectivity index is 1.60. The Bertz CT molecular complexity index is 1320. The van der Waals surface area contributed by atoms with Gasteiger partial charge in [-0.05, 0) is 35.9 Å². The van der Waals surface area contributed by atoms with Gasteiger partial charge in [0.2, 0.25) is 11.3 Å². The van der Waals surface area contributed by atoms with Crippen LogP contribution in [0.1, 0.15) is 11.3 Å². The summed E-state index contributed by atoms with van der Waals surface area (Å²) in [6.45, 7) is 0.316. The first-order valence-electron chi connectivity index (χ1n) is 8.38. The van der Waals surface area contributed by atoms with Crippen molar-refractivity contribution in [3.8, 4) is 0 Å². The first kappa shape index (κ1) is 17.3. The quantitative estimate of drug-likeness (QED) is 0.454. The molecule has 0 unspecified atom stereocenters. The highest BCUT2D eigenvalue weighted by Gasteiger charge is 2.09. The van der Waals surface area contributed by atoms with Crippen molar-refractivity contribution in [3.63, 3.8) is 0 Å². The molecule has 1 aromatic carbocycles. The molecule has 0 bridgehead atoms. The van der Waals surface area contributed by atoms with Crippen LogP contribution in [0.15, 0.2) is 58.3 Å². The van der Waals surface area contributed by atoms with Gasteiger partial charge in [0.25, 0.3) is 5.56 Å². The molecule has 3 heterocycles. The van der Waals surface area contributed by atoms with E-state index in [0.29, 0.717) is 23.0 Å². The molecule has 0 aliphatic carbocycles. The van der Waals surface area contributed by atoms with Crippen LogP contribution in [0.3, 0.4) is 0 Å². The summed E-state index contributed by atoms with van der Waals surface area (Å²) < 4.78 is 0. The Labute approximate surface area is 157 Å². The number of rotatable bonds is 4. The molecular formula is C19H14N6O3. The van der Waals surface area contributed by atoms with Gasteiger partial charge in [-0.1, -0.05) is 12.1 Å². The fourth-order valence-corrected chi connectivity index (χ4v) is 2.73. The second kappa shape index (κ2) is 7.23. The first-order valence-corrected chi connectivity index (χ1v) is 8.38. The number of nitrogens with one attached hydrogen (secondary N) is 3. The van der Waals surface area contributed by atoms with Crippen LogP contribution in [0, 0.1) is 0 Å². The minimum Gasteiger partial charge on any atom is -0.347 e. The average molecular weight is 374 g/mol. The van der Waals surface area contributed by atoms with Gasteiger partial charge < -0.3 is 10.3 Å². The molecule has 0 fully saturated rings. The molecule has 28 heavy (non-hydrogen) atoms. The molecule has 1 amide bonds. The summed E-state index contributed by atoms with van der Waals surface area (Å²) in [5, 5.41) is 12.8. The molecule has 0 atom stereocenters. The number of benzene rings is 1. The number of aromatic amines is 2. The van der Waals surface area contributed by atoms with Crippen molar-refractivity contribution in [1.29, 1.82) is 0 Å². The van der Waals surface area contributed by atoms with Crippen LogP contribution in [0.4, 0.5) is 0 Å². The summed E-state index contributed by atoms with van der Waals surface area (Å²) in [7, 11) is 0. The molecule has 9 heteroatoms. The van der Waals surface area contributed by atoms with E-state index < -0.39 is 11.0 Å². The van der Waals surface area contributed by atoms with Crippen LogP contribution in [0.5, 0.6) is 0 Å². The third-order valence-electron chi connectivity index (χ3n) is 4.11. The molecule has 0 spiro atoms. The van der Waals surface area contributed by atoms with Crippen LogP contribution in [-0.2, 0) is 11.3 Å². The van der Waals surface area contributed by atoms with Gasteiger partial charge in [0.05, 0.1) is 17.8 Å². The standard InChI is InChI=1S/C19H14N6O3/c26-15(21-10-12-3-1-2-8-20-12)7-5-11-4-6-13-14(9-11)22-19(28)17-16(18(13)27)23-25-24-17/h1-9H,10H2,(H,21,26)(H,22,28)(H,23,24,25). The Kier molecular flexibility index (Phi) is 4.47. The third-order valence-corrected chi connectivity index (χ3v) is 4.11. The van der Waals surface area contributed by atoms with Crippen molar-refractivity contribution in [2.24, 2.45) is 0 Å². The fraction of sp³-hybridized carbons (Fsp3) is 0.0526. The van der Waals surface area contributed by atoms with E-state index in [1.165, 1.54) is 6.08 Å². The van der Waals surface area contributed by atoms with Crippen molar-refractivity contribution in [1.82, 2.24) is 30.7 Å². The number of H-pyrrole nitrogens is 2. The predicted octanol–water partition coefficient (Wildman–Crippen LogP) is 0.884. The number of carbonyl (C=O) groups is 1. The largest absolute Gasteiger partial charge is 0.347 e. The molecular weight excluding hydrogens is 360 g/mol. The molecule has 0 saturated carbocycles. The molecule has 3 aromatic heterocycles. The zero-order valence-electron chi connectivity index (χ0n) is 14.5. The van der Waals surface area contributed by atoms with Crippen molar-refractivity contribution >= 4 is 33.9 Å². The summed E-state index contributed by atoms with van der Waals surface area (Å²) in [4.78, 5) is 43.5. The van der Waals surface area contributed by atoms with Gasteiger partial charge in [-0.15, -0.1) is 0 Å². The minimum absolute atomic E-state index is 0.0200. The van der Waals surface area contributed by atoms with Crippen LogP contribution < -0.4 is 16.3 Å². The van der Waals surface area contributed by atoms with Gasteiger partial charge in [-0.25, -0.2) is 0 Å². The topological polar surface area (TPSA) is 133 Å². The Morgan fingerprint density at radius 3 is 2.79 bits per heavy atom.